The van der Waals surface area contributed by atoms with Crippen molar-refractivity contribution in [2.75, 3.05) is 12.4 Å². The Kier molecular flexibility index (Phi) is 8.12. The summed E-state index contributed by atoms with van der Waals surface area (Å²) in [6, 6.07) is 14.3. The van der Waals surface area contributed by atoms with Crippen LogP contribution in [0.1, 0.15) is 21.5 Å². The molecule has 2 N–H and O–H groups in total. The van der Waals surface area contributed by atoms with Gasteiger partial charge in [-0.05, 0) is 55.0 Å². The van der Waals surface area contributed by atoms with E-state index in [2.05, 4.69) is 26.6 Å². The third kappa shape index (κ3) is 6.10. The van der Waals surface area contributed by atoms with Gasteiger partial charge in [0.25, 0.3) is 17.5 Å². The summed E-state index contributed by atoms with van der Waals surface area (Å²) in [5.74, 6) is -1.64. The van der Waals surface area contributed by atoms with Gasteiger partial charge < -0.3 is 15.4 Å². The minimum atomic E-state index is -0.840. The number of anilines is 1. The molecule has 0 bridgehead atoms. The van der Waals surface area contributed by atoms with E-state index in [1.54, 1.807) is 24.3 Å². The quantitative estimate of drug-likeness (QED) is 0.225. The molecular weight excluding hydrogens is 536 g/mol. The zero-order valence-electron chi connectivity index (χ0n) is 19.0. The van der Waals surface area contributed by atoms with E-state index in [0.717, 1.165) is 22.2 Å². The first-order valence-electron chi connectivity index (χ1n) is 10.3. The molecule has 3 aromatic carbocycles. The molecule has 184 valence electrons. The lowest BCUT2D eigenvalue weighted by molar-refractivity contribution is -0.385. The van der Waals surface area contributed by atoms with Gasteiger partial charge in [-0.2, -0.15) is 0 Å². The minimum absolute atomic E-state index is 0.0458. The molecule has 11 nitrogen and oxygen atoms in total. The Morgan fingerprint density at radius 3 is 2.31 bits per heavy atom. The van der Waals surface area contributed by atoms with E-state index in [1.807, 2.05) is 6.92 Å². The van der Waals surface area contributed by atoms with Crippen molar-refractivity contribution < 1.29 is 24.2 Å². The van der Waals surface area contributed by atoms with Gasteiger partial charge in [0.15, 0.2) is 5.75 Å². The number of carbonyl (C=O) groups is 2. The Balaban J connectivity index is 2.01. The molecule has 3 aromatic rings. The van der Waals surface area contributed by atoms with E-state index in [4.69, 9.17) is 4.74 Å². The number of rotatable bonds is 8. The number of ether oxygens (including phenoxy) is 1. The maximum Gasteiger partial charge on any atom is 0.311 e. The maximum absolute atomic E-state index is 13.1. The van der Waals surface area contributed by atoms with Gasteiger partial charge in [0.05, 0.1) is 22.5 Å². The Hall–Kier alpha value is -4.58. The lowest BCUT2D eigenvalue weighted by Gasteiger charge is -2.12. The van der Waals surface area contributed by atoms with Gasteiger partial charge in [0, 0.05) is 27.9 Å². The van der Waals surface area contributed by atoms with Crippen molar-refractivity contribution in [3.8, 4) is 5.75 Å². The van der Waals surface area contributed by atoms with Gasteiger partial charge in [0.1, 0.15) is 5.70 Å². The largest absolute Gasteiger partial charge is 0.490 e. The first-order chi connectivity index (χ1) is 17.1. The summed E-state index contributed by atoms with van der Waals surface area (Å²) in [6.45, 7) is 1.82. The molecule has 0 heterocycles. The molecule has 0 aliphatic heterocycles. The summed E-state index contributed by atoms with van der Waals surface area (Å²) in [6.07, 6.45) is 1.16. The summed E-state index contributed by atoms with van der Waals surface area (Å²) < 4.78 is 5.77. The number of hydrogen-bond acceptors (Lipinski definition) is 7. The molecule has 0 radical (unpaired) electrons. The summed E-state index contributed by atoms with van der Waals surface area (Å²) in [7, 11) is 1.25. The van der Waals surface area contributed by atoms with Crippen LogP contribution in [0.25, 0.3) is 6.08 Å². The van der Waals surface area contributed by atoms with Crippen LogP contribution in [0.5, 0.6) is 5.75 Å². The molecule has 0 saturated carbocycles. The van der Waals surface area contributed by atoms with Crippen molar-refractivity contribution in [1.82, 2.24) is 5.32 Å². The van der Waals surface area contributed by atoms with Crippen LogP contribution in [0.4, 0.5) is 17.1 Å². The number of hydrogen-bond donors (Lipinski definition) is 2. The predicted octanol–water partition coefficient (Wildman–Crippen LogP) is 4.99. The van der Waals surface area contributed by atoms with Crippen LogP contribution in [0.3, 0.4) is 0 Å². The molecule has 3 rings (SSSR count). The van der Waals surface area contributed by atoms with Crippen molar-refractivity contribution in [3.05, 3.63) is 108 Å². The standard InChI is InChI=1S/C24H19BrN4O7/c1-14-11-17(8-9-18(14)25)26-24(31)19(12-15-5-3-4-6-20(15)28(32)33)27-23(30)16-7-10-22(36-2)21(13-16)29(34)35/h3-13H,1-2H3,(H,26,31)(H,27,30)/b19-12-. The zero-order chi connectivity index (χ0) is 26.4. The Labute approximate surface area is 213 Å². The molecule has 2 amide bonds. The summed E-state index contributed by atoms with van der Waals surface area (Å²) >= 11 is 3.37. The van der Waals surface area contributed by atoms with Crippen LogP contribution in [-0.4, -0.2) is 28.8 Å². The van der Waals surface area contributed by atoms with Crippen molar-refractivity contribution >= 4 is 50.9 Å². The number of benzene rings is 3. The van der Waals surface area contributed by atoms with E-state index >= 15 is 0 Å². The van der Waals surface area contributed by atoms with Gasteiger partial charge in [-0.15, -0.1) is 0 Å². The summed E-state index contributed by atoms with van der Waals surface area (Å²) in [5.41, 5.74) is 0.174. The van der Waals surface area contributed by atoms with E-state index in [9.17, 15) is 29.8 Å². The number of nitro groups is 2. The normalized spacial score (nSPS) is 10.9. The topological polar surface area (TPSA) is 154 Å². The average molecular weight is 555 g/mol. The SMILES string of the molecule is COc1ccc(C(=O)N/C(=C\c2ccccc2[N+](=O)[O-])C(=O)Nc2ccc(Br)c(C)c2)cc1[N+](=O)[O-]. The lowest BCUT2D eigenvalue weighted by Crippen LogP contribution is -2.30. The molecule has 36 heavy (non-hydrogen) atoms. The highest BCUT2D eigenvalue weighted by molar-refractivity contribution is 9.10. The summed E-state index contributed by atoms with van der Waals surface area (Å²) in [4.78, 5) is 47.5. The Morgan fingerprint density at radius 2 is 1.67 bits per heavy atom. The molecule has 0 saturated heterocycles. The van der Waals surface area contributed by atoms with E-state index in [1.165, 1.54) is 37.4 Å². The van der Waals surface area contributed by atoms with Crippen molar-refractivity contribution in [1.29, 1.82) is 0 Å². The monoisotopic (exact) mass is 554 g/mol. The number of nitrogens with zero attached hydrogens (tertiary/aromatic N) is 2. The van der Waals surface area contributed by atoms with Crippen LogP contribution >= 0.6 is 15.9 Å². The molecule has 0 unspecified atom stereocenters. The molecule has 0 aromatic heterocycles. The number of para-hydroxylation sites is 1. The van der Waals surface area contributed by atoms with E-state index in [-0.39, 0.29) is 28.3 Å². The fourth-order valence-corrected chi connectivity index (χ4v) is 3.43. The highest BCUT2D eigenvalue weighted by atomic mass is 79.9. The fraction of sp³-hybridized carbons (Fsp3) is 0.0833. The minimum Gasteiger partial charge on any atom is -0.490 e. The third-order valence-corrected chi connectivity index (χ3v) is 5.87. The predicted molar refractivity (Wildman–Crippen MR) is 136 cm³/mol. The highest BCUT2D eigenvalue weighted by Crippen LogP contribution is 2.28. The second-order valence-electron chi connectivity index (χ2n) is 7.39. The number of aryl methyl sites for hydroxylation is 1. The maximum atomic E-state index is 13.1. The summed E-state index contributed by atoms with van der Waals surface area (Å²) in [5, 5.41) is 27.8. The first-order valence-corrected chi connectivity index (χ1v) is 11.1. The van der Waals surface area contributed by atoms with Crippen LogP contribution in [0, 0.1) is 27.2 Å². The molecule has 0 aliphatic rings. The van der Waals surface area contributed by atoms with Gasteiger partial charge in [0.2, 0.25) is 0 Å². The van der Waals surface area contributed by atoms with Crippen molar-refractivity contribution in [3.63, 3.8) is 0 Å². The molecule has 0 atom stereocenters. The van der Waals surface area contributed by atoms with Crippen molar-refractivity contribution in [2.45, 2.75) is 6.92 Å². The van der Waals surface area contributed by atoms with E-state index in [0.29, 0.717) is 5.69 Å². The molecule has 0 fully saturated rings. The first kappa shape index (κ1) is 26.0. The van der Waals surface area contributed by atoms with Gasteiger partial charge in [-0.3, -0.25) is 29.8 Å². The number of methoxy groups -OCH3 is 1. The van der Waals surface area contributed by atoms with E-state index < -0.39 is 27.3 Å². The Bertz CT molecular complexity index is 1400. The van der Waals surface area contributed by atoms with Crippen LogP contribution in [0.15, 0.2) is 70.8 Å². The van der Waals surface area contributed by atoms with Gasteiger partial charge >= 0.3 is 5.69 Å². The number of amides is 2. The van der Waals surface area contributed by atoms with Gasteiger partial charge in [-0.1, -0.05) is 28.1 Å². The number of nitro benzene ring substituents is 2. The van der Waals surface area contributed by atoms with Crippen LogP contribution in [-0.2, 0) is 4.79 Å². The van der Waals surface area contributed by atoms with Crippen LogP contribution < -0.4 is 15.4 Å². The smallest absolute Gasteiger partial charge is 0.311 e. The molecular formula is C24H19BrN4O7. The van der Waals surface area contributed by atoms with Gasteiger partial charge in [-0.25, -0.2) is 0 Å². The van der Waals surface area contributed by atoms with Crippen molar-refractivity contribution in [2.24, 2.45) is 0 Å². The lowest BCUT2D eigenvalue weighted by atomic mass is 10.1. The molecule has 12 heteroatoms. The average Bonchev–Trinajstić information content (AvgIpc) is 2.85. The second kappa shape index (κ2) is 11.2. The highest BCUT2D eigenvalue weighted by Gasteiger charge is 2.22. The fourth-order valence-electron chi connectivity index (χ4n) is 3.18. The van der Waals surface area contributed by atoms with Crippen LogP contribution in [0.2, 0.25) is 0 Å². The second-order valence-corrected chi connectivity index (χ2v) is 8.24. The molecule has 0 spiro atoms. The molecule has 0 aliphatic carbocycles. The number of carbonyl (C=O) groups excluding carboxylic acids is 2. The number of halogens is 1. The third-order valence-electron chi connectivity index (χ3n) is 4.98. The Morgan fingerprint density at radius 1 is 0.972 bits per heavy atom. The number of nitrogens with one attached hydrogen (secondary N) is 2. The zero-order valence-corrected chi connectivity index (χ0v) is 20.6.